The summed E-state index contributed by atoms with van der Waals surface area (Å²) in [6.45, 7) is 6.82. The number of carbonyl (C=O) groups is 2. The maximum atomic E-state index is 13.0. The second-order valence-corrected chi connectivity index (χ2v) is 7.86. The van der Waals surface area contributed by atoms with Gasteiger partial charge in [0.1, 0.15) is 5.76 Å². The second-order valence-electron chi connectivity index (χ2n) is 7.86. The number of aliphatic hydroxyl groups excluding tert-OH is 1. The molecular formula is C24H27N3O3. The molecule has 2 aromatic carbocycles. The average Bonchev–Trinajstić information content (AvgIpc) is 3.04. The lowest BCUT2D eigenvalue weighted by atomic mass is 9.95. The number of ketones is 1. The van der Waals surface area contributed by atoms with E-state index in [0.29, 0.717) is 18.7 Å². The highest BCUT2D eigenvalue weighted by Crippen LogP contribution is 2.39. The van der Waals surface area contributed by atoms with E-state index in [0.717, 1.165) is 37.3 Å². The van der Waals surface area contributed by atoms with E-state index in [1.165, 1.54) is 0 Å². The van der Waals surface area contributed by atoms with Gasteiger partial charge in [0.15, 0.2) is 0 Å². The number of aryl methyl sites for hydroxylation is 1. The number of amides is 1. The third-order valence-electron chi connectivity index (χ3n) is 5.85. The van der Waals surface area contributed by atoms with E-state index in [9.17, 15) is 14.7 Å². The van der Waals surface area contributed by atoms with E-state index in [4.69, 9.17) is 0 Å². The van der Waals surface area contributed by atoms with Crippen LogP contribution in [0.4, 0.5) is 0 Å². The number of benzene rings is 2. The van der Waals surface area contributed by atoms with Crippen LogP contribution in [0.1, 0.15) is 22.7 Å². The molecule has 0 saturated carbocycles. The number of aliphatic hydroxyl groups is 1. The van der Waals surface area contributed by atoms with Gasteiger partial charge < -0.3 is 15.3 Å². The third-order valence-corrected chi connectivity index (χ3v) is 5.85. The van der Waals surface area contributed by atoms with Gasteiger partial charge in [-0.15, -0.1) is 0 Å². The third kappa shape index (κ3) is 4.01. The topological polar surface area (TPSA) is 72.9 Å². The number of rotatable bonds is 5. The molecule has 0 aliphatic carbocycles. The zero-order valence-corrected chi connectivity index (χ0v) is 17.2. The minimum atomic E-state index is -0.623. The molecule has 1 amide bonds. The zero-order chi connectivity index (χ0) is 21.1. The van der Waals surface area contributed by atoms with E-state index in [2.05, 4.69) is 10.2 Å². The first-order valence-corrected chi connectivity index (χ1v) is 10.4. The summed E-state index contributed by atoms with van der Waals surface area (Å²) in [6.07, 6.45) is 0. The molecule has 6 nitrogen and oxygen atoms in total. The first-order chi connectivity index (χ1) is 14.6. The normalized spacial score (nSPS) is 21.9. The van der Waals surface area contributed by atoms with Crippen molar-refractivity contribution >= 4 is 17.4 Å². The van der Waals surface area contributed by atoms with Gasteiger partial charge in [0.25, 0.3) is 11.7 Å². The van der Waals surface area contributed by atoms with Crippen molar-refractivity contribution in [3.05, 3.63) is 76.9 Å². The molecule has 6 heteroatoms. The van der Waals surface area contributed by atoms with E-state index < -0.39 is 17.7 Å². The summed E-state index contributed by atoms with van der Waals surface area (Å²) in [6, 6.07) is 16.2. The molecule has 1 atom stereocenters. The fourth-order valence-corrected chi connectivity index (χ4v) is 4.14. The van der Waals surface area contributed by atoms with Gasteiger partial charge >= 0.3 is 0 Å². The molecule has 2 fully saturated rings. The molecule has 2 heterocycles. The SMILES string of the molecule is Cc1ccc(C2/C(=C(\O)c3ccccc3)C(=O)C(=O)N2CCN2CCNCC2)cc1. The highest BCUT2D eigenvalue weighted by molar-refractivity contribution is 6.46. The highest BCUT2D eigenvalue weighted by Gasteiger charge is 2.45. The zero-order valence-electron chi connectivity index (χ0n) is 17.2. The molecule has 1 unspecified atom stereocenters. The monoisotopic (exact) mass is 405 g/mol. The minimum Gasteiger partial charge on any atom is -0.507 e. The molecule has 0 aromatic heterocycles. The molecule has 2 aliphatic rings. The molecule has 0 bridgehead atoms. The summed E-state index contributed by atoms with van der Waals surface area (Å²) < 4.78 is 0. The summed E-state index contributed by atoms with van der Waals surface area (Å²) >= 11 is 0. The van der Waals surface area contributed by atoms with Crippen LogP contribution in [0.5, 0.6) is 0 Å². The fourth-order valence-electron chi connectivity index (χ4n) is 4.14. The summed E-state index contributed by atoms with van der Waals surface area (Å²) in [7, 11) is 0. The molecular weight excluding hydrogens is 378 g/mol. The van der Waals surface area contributed by atoms with Crippen LogP contribution < -0.4 is 5.32 Å². The summed E-state index contributed by atoms with van der Waals surface area (Å²) in [5.74, 6) is -1.29. The predicted molar refractivity (Wildman–Crippen MR) is 116 cm³/mol. The van der Waals surface area contributed by atoms with E-state index in [1.807, 2.05) is 37.3 Å². The Bertz CT molecular complexity index is 947. The molecule has 156 valence electrons. The predicted octanol–water partition coefficient (Wildman–Crippen LogP) is 2.32. The summed E-state index contributed by atoms with van der Waals surface area (Å²) in [4.78, 5) is 29.9. The lowest BCUT2D eigenvalue weighted by Crippen LogP contribution is -2.46. The molecule has 2 N–H and O–H groups in total. The largest absolute Gasteiger partial charge is 0.507 e. The van der Waals surface area contributed by atoms with Crippen LogP contribution in [0.3, 0.4) is 0 Å². The van der Waals surface area contributed by atoms with Crippen molar-refractivity contribution in [2.45, 2.75) is 13.0 Å². The minimum absolute atomic E-state index is 0.121. The molecule has 0 spiro atoms. The van der Waals surface area contributed by atoms with Gasteiger partial charge in [-0.2, -0.15) is 0 Å². The van der Waals surface area contributed by atoms with Crippen LogP contribution in [-0.4, -0.2) is 65.9 Å². The Kier molecular flexibility index (Phi) is 5.97. The Morgan fingerprint density at radius 2 is 1.67 bits per heavy atom. The van der Waals surface area contributed by atoms with Crippen LogP contribution in [-0.2, 0) is 9.59 Å². The van der Waals surface area contributed by atoms with Gasteiger partial charge in [-0.05, 0) is 12.5 Å². The number of likely N-dealkylation sites (tertiary alicyclic amines) is 1. The van der Waals surface area contributed by atoms with Crippen LogP contribution in [0.2, 0.25) is 0 Å². The van der Waals surface area contributed by atoms with Crippen LogP contribution >= 0.6 is 0 Å². The Morgan fingerprint density at radius 1 is 1.00 bits per heavy atom. The van der Waals surface area contributed by atoms with E-state index in [1.54, 1.807) is 29.2 Å². The number of hydrogen-bond acceptors (Lipinski definition) is 5. The number of hydrogen-bond donors (Lipinski definition) is 2. The Labute approximate surface area is 176 Å². The van der Waals surface area contributed by atoms with Crippen molar-refractivity contribution in [3.63, 3.8) is 0 Å². The van der Waals surface area contributed by atoms with Gasteiger partial charge in [-0.25, -0.2) is 0 Å². The van der Waals surface area contributed by atoms with Crippen molar-refractivity contribution < 1.29 is 14.7 Å². The maximum Gasteiger partial charge on any atom is 0.295 e. The van der Waals surface area contributed by atoms with E-state index >= 15 is 0 Å². The van der Waals surface area contributed by atoms with Gasteiger partial charge in [0.2, 0.25) is 0 Å². The molecule has 2 saturated heterocycles. The van der Waals surface area contributed by atoms with Gasteiger partial charge in [0, 0.05) is 44.8 Å². The summed E-state index contributed by atoms with van der Waals surface area (Å²) in [5, 5.41) is 14.3. The molecule has 4 rings (SSSR count). The molecule has 0 radical (unpaired) electrons. The quantitative estimate of drug-likeness (QED) is 0.454. The fraction of sp³-hybridized carbons (Fsp3) is 0.333. The van der Waals surface area contributed by atoms with Crippen molar-refractivity contribution in [3.8, 4) is 0 Å². The van der Waals surface area contributed by atoms with E-state index in [-0.39, 0.29) is 11.3 Å². The van der Waals surface area contributed by atoms with Crippen molar-refractivity contribution in [1.29, 1.82) is 0 Å². The second kappa shape index (κ2) is 8.81. The van der Waals surface area contributed by atoms with Crippen molar-refractivity contribution in [2.24, 2.45) is 0 Å². The standard InChI is InChI=1S/C24H27N3O3/c1-17-7-9-18(10-8-17)21-20(22(28)19-5-3-2-4-6-19)23(29)24(30)27(21)16-15-26-13-11-25-12-14-26/h2-10,21,25,28H,11-16H2,1H3/b22-20+. The number of nitrogens with zero attached hydrogens (tertiary/aromatic N) is 2. The number of Topliss-reactive ketones (excluding diaryl/α,β-unsaturated/α-hetero) is 1. The number of piperazine rings is 1. The smallest absolute Gasteiger partial charge is 0.295 e. The first kappa shape index (κ1) is 20.3. The lowest BCUT2D eigenvalue weighted by Gasteiger charge is -2.31. The average molecular weight is 405 g/mol. The van der Waals surface area contributed by atoms with Gasteiger partial charge in [-0.1, -0.05) is 60.2 Å². The Morgan fingerprint density at radius 3 is 2.33 bits per heavy atom. The maximum absolute atomic E-state index is 13.0. The molecule has 30 heavy (non-hydrogen) atoms. The highest BCUT2D eigenvalue weighted by atomic mass is 16.3. The van der Waals surface area contributed by atoms with Crippen LogP contribution in [0, 0.1) is 6.92 Å². The first-order valence-electron chi connectivity index (χ1n) is 10.4. The van der Waals surface area contributed by atoms with Crippen LogP contribution in [0.25, 0.3) is 5.76 Å². The Balaban J connectivity index is 1.72. The van der Waals surface area contributed by atoms with Crippen molar-refractivity contribution in [2.75, 3.05) is 39.3 Å². The summed E-state index contributed by atoms with van der Waals surface area (Å²) in [5.41, 5.74) is 2.63. The molecule has 2 aromatic rings. The lowest BCUT2D eigenvalue weighted by molar-refractivity contribution is -0.140. The Hall–Kier alpha value is -2.96. The number of carbonyl (C=O) groups excluding carboxylic acids is 2. The van der Waals surface area contributed by atoms with Gasteiger partial charge in [0.05, 0.1) is 11.6 Å². The molecule has 2 aliphatic heterocycles. The van der Waals surface area contributed by atoms with Gasteiger partial charge in [-0.3, -0.25) is 14.5 Å². The number of nitrogens with one attached hydrogen (secondary N) is 1. The van der Waals surface area contributed by atoms with Crippen molar-refractivity contribution in [1.82, 2.24) is 15.1 Å². The van der Waals surface area contributed by atoms with Crippen LogP contribution in [0.15, 0.2) is 60.2 Å².